The molecule has 0 spiro atoms. The van der Waals surface area contributed by atoms with Crippen molar-refractivity contribution in [3.05, 3.63) is 11.6 Å². The Hall–Kier alpha value is -0.940. The Balaban J connectivity index is 1.65. The zero-order valence-corrected chi connectivity index (χ0v) is 12.7. The molecule has 0 saturated carbocycles. The van der Waals surface area contributed by atoms with Crippen LogP contribution in [0, 0.1) is 5.92 Å². The van der Waals surface area contributed by atoms with Crippen LogP contribution in [-0.4, -0.2) is 45.9 Å². The fraction of sp³-hybridized carbons (Fsp3) is 0.867. The maximum atomic E-state index is 5.77. The van der Waals surface area contributed by atoms with Gasteiger partial charge in [-0.3, -0.25) is 0 Å². The Kier molecular flexibility index (Phi) is 4.36. The van der Waals surface area contributed by atoms with E-state index < -0.39 is 0 Å². The summed E-state index contributed by atoms with van der Waals surface area (Å²) in [5.41, 5.74) is 0. The van der Waals surface area contributed by atoms with Crippen molar-refractivity contribution < 1.29 is 4.74 Å². The lowest BCUT2D eigenvalue weighted by Crippen LogP contribution is -2.29. The molecule has 0 amide bonds. The molecule has 1 fully saturated rings. The van der Waals surface area contributed by atoms with E-state index in [0.29, 0.717) is 0 Å². The highest BCUT2D eigenvalue weighted by Gasteiger charge is 2.26. The van der Waals surface area contributed by atoms with Crippen molar-refractivity contribution in [1.82, 2.24) is 19.7 Å². The average molecular weight is 278 g/mol. The zero-order valence-electron chi connectivity index (χ0n) is 12.7. The molecule has 0 aromatic carbocycles. The lowest BCUT2D eigenvalue weighted by atomic mass is 10.1. The summed E-state index contributed by atoms with van der Waals surface area (Å²) < 4.78 is 8.08. The number of aromatic nitrogens is 3. The molecule has 3 rings (SSSR count). The molecule has 3 heterocycles. The normalized spacial score (nSPS) is 24.1. The monoisotopic (exact) mass is 278 g/mol. The second kappa shape index (κ2) is 6.22. The van der Waals surface area contributed by atoms with Crippen LogP contribution in [0.4, 0.5) is 0 Å². The van der Waals surface area contributed by atoms with Crippen LogP contribution in [0.5, 0.6) is 0 Å². The van der Waals surface area contributed by atoms with Gasteiger partial charge in [0, 0.05) is 32.7 Å². The van der Waals surface area contributed by atoms with Gasteiger partial charge in [-0.15, -0.1) is 10.2 Å². The average Bonchev–Trinajstić information content (AvgIpc) is 3.03. The summed E-state index contributed by atoms with van der Waals surface area (Å²) in [6.45, 7) is 9.88. The number of nitrogens with zero attached hydrogens (tertiary/aromatic N) is 4. The largest absolute Gasteiger partial charge is 0.370 e. The van der Waals surface area contributed by atoms with Crippen molar-refractivity contribution in [2.75, 3.05) is 26.2 Å². The molecule has 5 heteroatoms. The summed E-state index contributed by atoms with van der Waals surface area (Å²) in [5, 5.41) is 8.79. The number of fused-ring (bicyclic) bond motifs is 1. The van der Waals surface area contributed by atoms with Crippen LogP contribution in [0.15, 0.2) is 0 Å². The molecule has 0 N–H and O–H groups in total. The lowest BCUT2D eigenvalue weighted by Gasteiger charge is -2.20. The molecule has 0 radical (unpaired) electrons. The van der Waals surface area contributed by atoms with E-state index in [1.165, 1.54) is 13.0 Å². The van der Waals surface area contributed by atoms with Gasteiger partial charge in [0.05, 0.1) is 0 Å². The molecule has 1 atom stereocenters. The number of ether oxygens (including phenoxy) is 1. The molecular formula is C15H26N4O. The molecule has 1 aromatic heterocycles. The Morgan fingerprint density at radius 3 is 2.90 bits per heavy atom. The maximum absolute atomic E-state index is 5.77. The van der Waals surface area contributed by atoms with Crippen molar-refractivity contribution in [3.63, 3.8) is 0 Å². The van der Waals surface area contributed by atoms with E-state index in [-0.39, 0.29) is 6.10 Å². The van der Waals surface area contributed by atoms with Crippen LogP contribution in [0.3, 0.4) is 0 Å². The van der Waals surface area contributed by atoms with Crippen LogP contribution in [0.25, 0.3) is 0 Å². The quantitative estimate of drug-likeness (QED) is 0.845. The molecule has 112 valence electrons. The molecule has 20 heavy (non-hydrogen) atoms. The molecule has 1 unspecified atom stereocenters. The van der Waals surface area contributed by atoms with E-state index in [9.17, 15) is 0 Å². The van der Waals surface area contributed by atoms with Gasteiger partial charge in [0.2, 0.25) is 0 Å². The summed E-state index contributed by atoms with van der Waals surface area (Å²) in [4.78, 5) is 2.56. The molecule has 2 aliphatic rings. The highest BCUT2D eigenvalue weighted by Crippen LogP contribution is 2.28. The standard InChI is InChI=1S/C15H26N4O/c1-12(2)5-7-18-8-6-14-16-17-15(19(14)10-9-18)13-4-3-11-20-13/h12-13H,3-11H2,1-2H3. The third-order valence-corrected chi connectivity index (χ3v) is 4.39. The number of hydrogen-bond donors (Lipinski definition) is 0. The van der Waals surface area contributed by atoms with E-state index in [1.54, 1.807) is 0 Å². The van der Waals surface area contributed by atoms with Crippen LogP contribution >= 0.6 is 0 Å². The molecular weight excluding hydrogens is 252 g/mol. The minimum absolute atomic E-state index is 0.179. The number of hydrogen-bond acceptors (Lipinski definition) is 4. The van der Waals surface area contributed by atoms with Crippen molar-refractivity contribution >= 4 is 0 Å². The van der Waals surface area contributed by atoms with Crippen LogP contribution in [0.1, 0.15) is 50.9 Å². The van der Waals surface area contributed by atoms with E-state index in [1.807, 2.05) is 0 Å². The van der Waals surface area contributed by atoms with Crippen molar-refractivity contribution in [3.8, 4) is 0 Å². The van der Waals surface area contributed by atoms with Crippen molar-refractivity contribution in [2.24, 2.45) is 5.92 Å². The summed E-state index contributed by atoms with van der Waals surface area (Å²) in [5.74, 6) is 2.98. The van der Waals surface area contributed by atoms with E-state index in [2.05, 4.69) is 33.5 Å². The highest BCUT2D eigenvalue weighted by molar-refractivity contribution is 5.03. The fourth-order valence-electron chi connectivity index (χ4n) is 3.07. The summed E-state index contributed by atoms with van der Waals surface area (Å²) >= 11 is 0. The first-order chi connectivity index (χ1) is 9.74. The highest BCUT2D eigenvalue weighted by atomic mass is 16.5. The second-order valence-corrected chi connectivity index (χ2v) is 6.40. The predicted molar refractivity (Wildman–Crippen MR) is 77.5 cm³/mol. The topological polar surface area (TPSA) is 43.2 Å². The Morgan fingerprint density at radius 2 is 2.15 bits per heavy atom. The fourth-order valence-corrected chi connectivity index (χ4v) is 3.07. The number of rotatable bonds is 4. The molecule has 1 saturated heterocycles. The van der Waals surface area contributed by atoms with Gasteiger partial charge in [0.15, 0.2) is 5.82 Å². The summed E-state index contributed by atoms with van der Waals surface area (Å²) in [6, 6.07) is 0. The smallest absolute Gasteiger partial charge is 0.162 e. The van der Waals surface area contributed by atoms with Gasteiger partial charge in [0.1, 0.15) is 11.9 Å². The van der Waals surface area contributed by atoms with Gasteiger partial charge >= 0.3 is 0 Å². The molecule has 5 nitrogen and oxygen atoms in total. The minimum Gasteiger partial charge on any atom is -0.370 e. The summed E-state index contributed by atoms with van der Waals surface area (Å²) in [6.07, 6.45) is 4.71. The van der Waals surface area contributed by atoms with E-state index in [0.717, 1.165) is 63.1 Å². The third-order valence-electron chi connectivity index (χ3n) is 4.39. The first-order valence-electron chi connectivity index (χ1n) is 8.00. The maximum Gasteiger partial charge on any atom is 0.162 e. The van der Waals surface area contributed by atoms with E-state index >= 15 is 0 Å². The van der Waals surface area contributed by atoms with Gasteiger partial charge in [-0.25, -0.2) is 0 Å². The predicted octanol–water partition coefficient (Wildman–Crippen LogP) is 2.03. The third kappa shape index (κ3) is 3.04. The van der Waals surface area contributed by atoms with Crippen molar-refractivity contribution in [1.29, 1.82) is 0 Å². The molecule has 2 aliphatic heterocycles. The van der Waals surface area contributed by atoms with Gasteiger partial charge in [-0.2, -0.15) is 0 Å². The van der Waals surface area contributed by atoms with Crippen LogP contribution in [-0.2, 0) is 17.7 Å². The Morgan fingerprint density at radius 1 is 1.25 bits per heavy atom. The molecule has 0 aliphatic carbocycles. The Bertz CT molecular complexity index is 437. The zero-order chi connectivity index (χ0) is 13.9. The Labute approximate surface area is 121 Å². The van der Waals surface area contributed by atoms with Gasteiger partial charge < -0.3 is 14.2 Å². The van der Waals surface area contributed by atoms with Gasteiger partial charge in [-0.05, 0) is 31.7 Å². The van der Waals surface area contributed by atoms with Crippen LogP contribution in [0.2, 0.25) is 0 Å². The molecule has 1 aromatic rings. The van der Waals surface area contributed by atoms with Crippen LogP contribution < -0.4 is 0 Å². The first-order valence-corrected chi connectivity index (χ1v) is 8.00. The van der Waals surface area contributed by atoms with E-state index in [4.69, 9.17) is 4.74 Å². The van der Waals surface area contributed by atoms with Crippen molar-refractivity contribution in [2.45, 2.75) is 52.2 Å². The molecule has 0 bridgehead atoms. The second-order valence-electron chi connectivity index (χ2n) is 6.40. The first kappa shape index (κ1) is 14.0. The van der Waals surface area contributed by atoms with Gasteiger partial charge in [0.25, 0.3) is 0 Å². The lowest BCUT2D eigenvalue weighted by molar-refractivity contribution is 0.101. The SMILES string of the molecule is CC(C)CCN1CCc2nnc(C3CCCO3)n2CC1. The van der Waals surface area contributed by atoms with Gasteiger partial charge in [-0.1, -0.05) is 13.8 Å². The minimum atomic E-state index is 0.179. The summed E-state index contributed by atoms with van der Waals surface area (Å²) in [7, 11) is 0.